The summed E-state index contributed by atoms with van der Waals surface area (Å²) in [5, 5.41) is 14.7. The smallest absolute Gasteiger partial charge is 0.342 e. The zero-order chi connectivity index (χ0) is 26.4. The number of nitrogens with zero attached hydrogens (tertiary/aromatic N) is 4. The van der Waals surface area contributed by atoms with Gasteiger partial charge in [0.15, 0.2) is 0 Å². The van der Waals surface area contributed by atoms with E-state index in [-0.39, 0.29) is 29.7 Å². The number of rotatable bonds is 10. The molecule has 1 aliphatic rings. The van der Waals surface area contributed by atoms with Crippen LogP contribution in [0.25, 0.3) is 0 Å². The van der Waals surface area contributed by atoms with Crippen molar-refractivity contribution in [1.82, 2.24) is 19.8 Å². The van der Waals surface area contributed by atoms with Crippen molar-refractivity contribution in [3.63, 3.8) is 0 Å². The molecule has 0 bridgehead atoms. The van der Waals surface area contributed by atoms with Crippen LogP contribution in [0, 0.1) is 10.1 Å². The highest BCUT2D eigenvalue weighted by Gasteiger charge is 2.43. The van der Waals surface area contributed by atoms with Gasteiger partial charge in [0.2, 0.25) is 5.82 Å². The number of allylic oxidation sites excluding steroid dienone is 2. The Morgan fingerprint density at radius 3 is 2.36 bits per heavy atom. The van der Waals surface area contributed by atoms with Gasteiger partial charge in [-0.05, 0) is 51.0 Å². The molecule has 0 saturated heterocycles. The Morgan fingerprint density at radius 2 is 1.78 bits per heavy atom. The summed E-state index contributed by atoms with van der Waals surface area (Å²) >= 11 is 0. The number of carbonyl (C=O) groups is 2. The van der Waals surface area contributed by atoms with Gasteiger partial charge in [-0.2, -0.15) is 0 Å². The van der Waals surface area contributed by atoms with E-state index in [0.717, 1.165) is 18.2 Å². The molecular formula is C26H33N5O5. The van der Waals surface area contributed by atoms with Crippen LogP contribution in [0.3, 0.4) is 0 Å². The number of nitrogens with one attached hydrogen (secondary N) is 1. The molecule has 1 aliphatic heterocycles. The Hall–Kier alpha value is -3.95. The van der Waals surface area contributed by atoms with Gasteiger partial charge in [-0.1, -0.05) is 30.3 Å². The van der Waals surface area contributed by atoms with Crippen LogP contribution in [-0.4, -0.2) is 50.9 Å². The number of aromatic nitrogens is 2. The second-order valence-corrected chi connectivity index (χ2v) is 8.63. The quantitative estimate of drug-likeness (QED) is 0.231. The topological polar surface area (TPSA) is 120 Å². The molecule has 1 N–H and O–H groups in total. The number of nitro groups is 1. The van der Waals surface area contributed by atoms with Crippen molar-refractivity contribution in [3.8, 4) is 0 Å². The van der Waals surface area contributed by atoms with E-state index in [2.05, 4.69) is 10.3 Å². The largest absolute Gasteiger partial charge is 0.462 e. The van der Waals surface area contributed by atoms with Gasteiger partial charge in [0.25, 0.3) is 5.91 Å². The Kier molecular flexibility index (Phi) is 8.63. The summed E-state index contributed by atoms with van der Waals surface area (Å²) in [6.07, 6.45) is 2.53. The normalized spacial score (nSPS) is 15.5. The molecule has 192 valence electrons. The number of hydrogen-bond donors (Lipinski definition) is 1. The highest BCUT2D eigenvalue weighted by atomic mass is 16.6. The van der Waals surface area contributed by atoms with Gasteiger partial charge < -0.3 is 25.1 Å². The average Bonchev–Trinajstić information content (AvgIpc) is 3.23. The van der Waals surface area contributed by atoms with E-state index < -0.39 is 16.8 Å². The van der Waals surface area contributed by atoms with Crippen LogP contribution in [0.2, 0.25) is 0 Å². The van der Waals surface area contributed by atoms with Gasteiger partial charge in [-0.25, -0.2) is 14.3 Å². The predicted octanol–water partition coefficient (Wildman–Crippen LogP) is 3.61. The van der Waals surface area contributed by atoms with Crippen molar-refractivity contribution in [1.29, 1.82) is 0 Å². The number of esters is 1. The first-order valence-electron chi connectivity index (χ1n) is 12.1. The van der Waals surface area contributed by atoms with E-state index >= 15 is 0 Å². The SMILES string of the molecule is CCN(CC)C(=O)C1=C(C)NC(C)=C(C(=O)OCCCc2ccccc2)C1c1ncc([N+](=O)[O-])n1C. The molecule has 1 aromatic carbocycles. The van der Waals surface area contributed by atoms with E-state index in [0.29, 0.717) is 36.5 Å². The monoisotopic (exact) mass is 495 g/mol. The molecule has 0 spiro atoms. The molecule has 3 rings (SSSR count). The Balaban J connectivity index is 1.96. The zero-order valence-electron chi connectivity index (χ0n) is 21.4. The maximum atomic E-state index is 13.6. The van der Waals surface area contributed by atoms with E-state index in [9.17, 15) is 19.7 Å². The van der Waals surface area contributed by atoms with Gasteiger partial charge >= 0.3 is 11.8 Å². The van der Waals surface area contributed by atoms with Crippen LogP contribution in [0.15, 0.2) is 59.1 Å². The minimum atomic E-state index is -0.917. The Labute approximate surface area is 210 Å². The van der Waals surface area contributed by atoms with Crippen molar-refractivity contribution in [3.05, 3.63) is 80.6 Å². The highest BCUT2D eigenvalue weighted by molar-refractivity contribution is 6.01. The molecule has 2 aromatic rings. The molecule has 2 heterocycles. The second-order valence-electron chi connectivity index (χ2n) is 8.63. The van der Waals surface area contributed by atoms with E-state index in [4.69, 9.17) is 4.74 Å². The Bertz CT molecular complexity index is 1190. The molecule has 0 fully saturated rings. The van der Waals surface area contributed by atoms with Gasteiger partial charge in [0.05, 0.1) is 24.8 Å². The lowest BCUT2D eigenvalue weighted by Crippen LogP contribution is -2.39. The van der Waals surface area contributed by atoms with Crippen LogP contribution in [0.4, 0.5) is 5.82 Å². The average molecular weight is 496 g/mol. The van der Waals surface area contributed by atoms with Crippen LogP contribution >= 0.6 is 0 Å². The molecule has 36 heavy (non-hydrogen) atoms. The number of amides is 1. The zero-order valence-corrected chi connectivity index (χ0v) is 21.4. The van der Waals surface area contributed by atoms with Crippen molar-refractivity contribution in [2.75, 3.05) is 19.7 Å². The summed E-state index contributed by atoms with van der Waals surface area (Å²) in [4.78, 5) is 43.9. The summed E-state index contributed by atoms with van der Waals surface area (Å²) in [6.45, 7) is 8.37. The number of carbonyl (C=O) groups excluding carboxylic acids is 2. The number of ether oxygens (including phenoxy) is 1. The Morgan fingerprint density at radius 1 is 1.14 bits per heavy atom. The van der Waals surface area contributed by atoms with Crippen LogP contribution < -0.4 is 5.32 Å². The first-order valence-corrected chi connectivity index (χ1v) is 12.1. The molecule has 10 heteroatoms. The molecule has 10 nitrogen and oxygen atoms in total. The summed E-state index contributed by atoms with van der Waals surface area (Å²) in [5.41, 5.74) is 2.78. The standard InChI is InChI=1S/C26H33N5O5/c1-6-30(7-2)25(32)21-17(3)28-18(4)22(23(21)24-27-16-20(29(24)5)31(34)35)26(33)36-15-11-14-19-12-9-8-10-13-19/h8-10,12-13,16,23,28H,6-7,11,14-15H2,1-5H3. The fraction of sp³-hybridized carbons (Fsp3) is 0.423. The first kappa shape index (κ1) is 26.7. The maximum Gasteiger partial charge on any atom is 0.342 e. The third kappa shape index (κ3) is 5.48. The van der Waals surface area contributed by atoms with Gasteiger partial charge in [0, 0.05) is 24.5 Å². The minimum Gasteiger partial charge on any atom is -0.462 e. The summed E-state index contributed by atoms with van der Waals surface area (Å²) in [6, 6.07) is 9.90. The lowest BCUT2D eigenvalue weighted by atomic mass is 9.83. The molecular weight excluding hydrogens is 462 g/mol. The van der Waals surface area contributed by atoms with E-state index in [1.165, 1.54) is 11.6 Å². The van der Waals surface area contributed by atoms with Crippen molar-refractivity contribution in [2.45, 2.75) is 46.5 Å². The second kappa shape index (κ2) is 11.7. The van der Waals surface area contributed by atoms with Crippen molar-refractivity contribution in [2.24, 2.45) is 7.05 Å². The minimum absolute atomic E-state index is 0.194. The number of dihydropyridines is 1. The number of imidazole rings is 1. The number of likely N-dealkylation sites (N-methyl/N-ethyl adjacent to an activating group) is 1. The molecule has 1 amide bonds. The predicted molar refractivity (Wildman–Crippen MR) is 135 cm³/mol. The summed E-state index contributed by atoms with van der Waals surface area (Å²) in [5.74, 6) is -1.76. The fourth-order valence-corrected chi connectivity index (χ4v) is 4.50. The molecule has 1 unspecified atom stereocenters. The van der Waals surface area contributed by atoms with Crippen molar-refractivity contribution >= 4 is 17.7 Å². The third-order valence-electron chi connectivity index (χ3n) is 6.39. The molecule has 1 aromatic heterocycles. The highest BCUT2D eigenvalue weighted by Crippen LogP contribution is 2.39. The first-order chi connectivity index (χ1) is 17.2. The van der Waals surface area contributed by atoms with Crippen LogP contribution in [0.1, 0.15) is 51.4 Å². The number of aryl methyl sites for hydroxylation is 1. The number of hydrogen-bond acceptors (Lipinski definition) is 7. The maximum absolute atomic E-state index is 13.6. The third-order valence-corrected chi connectivity index (χ3v) is 6.39. The van der Waals surface area contributed by atoms with Gasteiger partial charge in [-0.15, -0.1) is 0 Å². The molecule has 0 saturated carbocycles. The summed E-state index contributed by atoms with van der Waals surface area (Å²) in [7, 11) is 1.51. The van der Waals surface area contributed by atoms with Gasteiger partial charge in [-0.3, -0.25) is 4.79 Å². The van der Waals surface area contributed by atoms with Crippen LogP contribution in [0.5, 0.6) is 0 Å². The number of benzene rings is 1. The summed E-state index contributed by atoms with van der Waals surface area (Å²) < 4.78 is 6.95. The van der Waals surface area contributed by atoms with Crippen LogP contribution in [-0.2, 0) is 27.8 Å². The molecule has 0 aliphatic carbocycles. The molecule has 0 radical (unpaired) electrons. The fourth-order valence-electron chi connectivity index (χ4n) is 4.50. The lowest BCUT2D eigenvalue weighted by Gasteiger charge is -2.31. The van der Waals surface area contributed by atoms with Crippen molar-refractivity contribution < 1.29 is 19.2 Å². The van der Waals surface area contributed by atoms with E-state index in [1.54, 1.807) is 18.7 Å². The van der Waals surface area contributed by atoms with E-state index in [1.807, 2.05) is 44.2 Å². The lowest BCUT2D eigenvalue weighted by molar-refractivity contribution is -0.391. The molecule has 1 atom stereocenters. The van der Waals surface area contributed by atoms with Gasteiger partial charge in [0.1, 0.15) is 12.1 Å².